The van der Waals surface area contributed by atoms with Crippen molar-refractivity contribution in [3.05, 3.63) is 36.6 Å². The van der Waals surface area contributed by atoms with Crippen molar-refractivity contribution in [1.82, 2.24) is 14.8 Å². The third kappa shape index (κ3) is 4.67. The summed E-state index contributed by atoms with van der Waals surface area (Å²) in [5, 5.41) is 19.1. The Bertz CT molecular complexity index is 948. The SMILES string of the molecule is COc1cccc(OC)c1-n1c(NSCCC(O)C2CCCC2)nnc1-c1ccco1. The lowest BCUT2D eigenvalue weighted by Gasteiger charge is -2.18. The number of methoxy groups -OCH3 is 2. The molecule has 0 radical (unpaired) electrons. The Morgan fingerprint density at radius 2 is 1.90 bits per heavy atom. The third-order valence-electron chi connectivity index (χ3n) is 5.65. The maximum Gasteiger partial charge on any atom is 0.239 e. The summed E-state index contributed by atoms with van der Waals surface area (Å²) in [6, 6.07) is 9.22. The van der Waals surface area contributed by atoms with Gasteiger partial charge in [0.05, 0.1) is 26.6 Å². The highest BCUT2D eigenvalue weighted by atomic mass is 32.2. The van der Waals surface area contributed by atoms with E-state index in [-0.39, 0.29) is 6.10 Å². The molecule has 1 saturated carbocycles. The molecule has 0 amide bonds. The number of para-hydroxylation sites is 1. The van der Waals surface area contributed by atoms with Gasteiger partial charge in [-0.25, -0.2) is 0 Å². The van der Waals surface area contributed by atoms with Gasteiger partial charge in [0.15, 0.2) is 5.76 Å². The van der Waals surface area contributed by atoms with Gasteiger partial charge in [-0.3, -0.25) is 9.29 Å². The highest BCUT2D eigenvalue weighted by molar-refractivity contribution is 8.00. The Balaban J connectivity index is 1.58. The van der Waals surface area contributed by atoms with Crippen molar-refractivity contribution in [2.45, 2.75) is 38.2 Å². The maximum atomic E-state index is 10.4. The van der Waals surface area contributed by atoms with Crippen LogP contribution >= 0.6 is 11.9 Å². The fourth-order valence-electron chi connectivity index (χ4n) is 4.05. The Labute approximate surface area is 186 Å². The summed E-state index contributed by atoms with van der Waals surface area (Å²) in [6.45, 7) is 0. The minimum Gasteiger partial charge on any atom is -0.494 e. The number of rotatable bonds is 10. The van der Waals surface area contributed by atoms with Gasteiger partial charge in [-0.15, -0.1) is 10.2 Å². The molecule has 0 spiro atoms. The molecule has 8 nitrogen and oxygen atoms in total. The van der Waals surface area contributed by atoms with Crippen LogP contribution in [0, 0.1) is 5.92 Å². The van der Waals surface area contributed by atoms with Crippen molar-refractivity contribution in [1.29, 1.82) is 0 Å². The van der Waals surface area contributed by atoms with Crippen LogP contribution in [-0.2, 0) is 0 Å². The first-order valence-electron chi connectivity index (χ1n) is 10.5. The zero-order chi connectivity index (χ0) is 21.6. The zero-order valence-corrected chi connectivity index (χ0v) is 18.6. The van der Waals surface area contributed by atoms with Gasteiger partial charge in [-0.1, -0.05) is 30.9 Å². The second kappa shape index (κ2) is 10.1. The molecule has 166 valence electrons. The fraction of sp³-hybridized carbons (Fsp3) is 0.455. The minimum absolute atomic E-state index is 0.248. The number of benzene rings is 1. The Morgan fingerprint density at radius 3 is 2.55 bits per heavy atom. The van der Waals surface area contributed by atoms with Crippen LogP contribution in [0.5, 0.6) is 11.5 Å². The number of aliphatic hydroxyl groups is 1. The first-order valence-corrected chi connectivity index (χ1v) is 11.5. The van der Waals surface area contributed by atoms with E-state index in [4.69, 9.17) is 13.9 Å². The predicted molar refractivity (Wildman–Crippen MR) is 121 cm³/mol. The minimum atomic E-state index is -0.248. The molecule has 1 aliphatic rings. The quantitative estimate of drug-likeness (QED) is 0.348. The van der Waals surface area contributed by atoms with E-state index in [0.717, 1.165) is 25.0 Å². The van der Waals surface area contributed by atoms with Gasteiger partial charge < -0.3 is 19.0 Å². The van der Waals surface area contributed by atoms with Crippen LogP contribution in [0.2, 0.25) is 0 Å². The lowest BCUT2D eigenvalue weighted by Crippen LogP contribution is -2.18. The van der Waals surface area contributed by atoms with Crippen LogP contribution in [0.15, 0.2) is 41.0 Å². The number of ether oxygens (including phenoxy) is 2. The van der Waals surface area contributed by atoms with E-state index in [9.17, 15) is 5.11 Å². The standard InChI is InChI=1S/C22H28N4O4S/c1-28-17-9-5-10-18(29-2)20(17)26-21(19-11-6-13-30-19)23-24-22(26)25-31-14-12-16(27)15-7-3-4-8-15/h5-6,9-11,13,15-16,27H,3-4,7-8,12,14H2,1-2H3,(H,24,25). The zero-order valence-electron chi connectivity index (χ0n) is 17.8. The molecule has 1 aromatic carbocycles. The molecule has 31 heavy (non-hydrogen) atoms. The largest absolute Gasteiger partial charge is 0.494 e. The van der Waals surface area contributed by atoms with Crippen molar-refractivity contribution in [2.24, 2.45) is 5.92 Å². The molecule has 0 saturated heterocycles. The van der Waals surface area contributed by atoms with E-state index < -0.39 is 0 Å². The summed E-state index contributed by atoms with van der Waals surface area (Å²) in [7, 11) is 3.23. The molecule has 1 aliphatic carbocycles. The number of furan rings is 1. The molecule has 1 fully saturated rings. The molecule has 3 aromatic rings. The lowest BCUT2D eigenvalue weighted by atomic mass is 9.99. The Morgan fingerprint density at radius 1 is 1.16 bits per heavy atom. The second-order valence-electron chi connectivity index (χ2n) is 7.52. The summed E-state index contributed by atoms with van der Waals surface area (Å²) < 4.78 is 21.9. The van der Waals surface area contributed by atoms with Crippen LogP contribution in [0.1, 0.15) is 32.1 Å². The van der Waals surface area contributed by atoms with Crippen molar-refractivity contribution >= 4 is 17.9 Å². The Kier molecular flexibility index (Phi) is 7.03. The Hall–Kier alpha value is -2.65. The van der Waals surface area contributed by atoms with Crippen molar-refractivity contribution < 1.29 is 19.0 Å². The van der Waals surface area contributed by atoms with Crippen molar-refractivity contribution in [2.75, 3.05) is 24.7 Å². The number of aliphatic hydroxyl groups excluding tert-OH is 1. The molecular formula is C22H28N4O4S. The van der Waals surface area contributed by atoms with Crippen molar-refractivity contribution in [3.63, 3.8) is 0 Å². The molecule has 2 aromatic heterocycles. The average molecular weight is 445 g/mol. The molecule has 1 atom stereocenters. The summed E-state index contributed by atoms with van der Waals surface area (Å²) in [5.74, 6) is 4.07. The number of nitrogens with zero attached hydrogens (tertiary/aromatic N) is 3. The van der Waals surface area contributed by atoms with Gasteiger partial charge >= 0.3 is 0 Å². The number of hydrogen-bond donors (Lipinski definition) is 2. The van der Waals surface area contributed by atoms with Crippen LogP contribution in [-0.4, -0.2) is 45.9 Å². The van der Waals surface area contributed by atoms with Crippen LogP contribution in [0.25, 0.3) is 17.3 Å². The summed E-state index contributed by atoms with van der Waals surface area (Å²) >= 11 is 1.49. The number of hydrogen-bond acceptors (Lipinski definition) is 8. The van der Waals surface area contributed by atoms with E-state index in [1.54, 1.807) is 26.5 Å². The number of nitrogens with one attached hydrogen (secondary N) is 1. The normalized spacial score (nSPS) is 15.2. The summed E-state index contributed by atoms with van der Waals surface area (Å²) in [5.41, 5.74) is 0.679. The van der Waals surface area contributed by atoms with E-state index in [0.29, 0.717) is 40.6 Å². The lowest BCUT2D eigenvalue weighted by molar-refractivity contribution is 0.108. The molecule has 2 N–H and O–H groups in total. The maximum absolute atomic E-state index is 10.4. The average Bonchev–Trinajstić information content (AvgIpc) is 3.57. The predicted octanol–water partition coefficient (Wildman–Crippen LogP) is 4.55. The van der Waals surface area contributed by atoms with Crippen molar-refractivity contribution in [3.8, 4) is 28.8 Å². The topological polar surface area (TPSA) is 94.6 Å². The molecule has 0 bridgehead atoms. The molecule has 0 aliphatic heterocycles. The van der Waals surface area contributed by atoms with E-state index >= 15 is 0 Å². The van der Waals surface area contributed by atoms with E-state index in [1.807, 2.05) is 28.8 Å². The van der Waals surface area contributed by atoms with Crippen LogP contribution < -0.4 is 14.2 Å². The van der Waals surface area contributed by atoms with E-state index in [2.05, 4.69) is 14.9 Å². The van der Waals surface area contributed by atoms with Gasteiger partial charge in [0.25, 0.3) is 0 Å². The smallest absolute Gasteiger partial charge is 0.239 e. The van der Waals surface area contributed by atoms with Gasteiger partial charge in [0.2, 0.25) is 11.8 Å². The molecule has 1 unspecified atom stereocenters. The highest BCUT2D eigenvalue weighted by Gasteiger charge is 2.25. The molecular weight excluding hydrogens is 416 g/mol. The molecule has 4 rings (SSSR count). The number of anilines is 1. The monoisotopic (exact) mass is 444 g/mol. The highest BCUT2D eigenvalue weighted by Crippen LogP contribution is 2.38. The summed E-state index contributed by atoms with van der Waals surface area (Å²) in [4.78, 5) is 0. The first-order chi connectivity index (χ1) is 15.2. The van der Waals surface area contributed by atoms with Gasteiger partial charge in [0, 0.05) is 5.75 Å². The molecule has 2 heterocycles. The van der Waals surface area contributed by atoms with Crippen LogP contribution in [0.3, 0.4) is 0 Å². The second-order valence-corrected chi connectivity index (χ2v) is 8.42. The van der Waals surface area contributed by atoms with Gasteiger partial charge in [0.1, 0.15) is 17.2 Å². The molecule has 9 heteroatoms. The third-order valence-corrected chi connectivity index (χ3v) is 6.42. The van der Waals surface area contributed by atoms with Gasteiger partial charge in [-0.05, 0) is 49.4 Å². The van der Waals surface area contributed by atoms with Gasteiger partial charge in [-0.2, -0.15) is 0 Å². The first kappa shape index (κ1) is 21.6. The fourth-order valence-corrected chi connectivity index (χ4v) is 4.78. The van der Waals surface area contributed by atoms with Crippen LogP contribution in [0.4, 0.5) is 5.95 Å². The summed E-state index contributed by atoms with van der Waals surface area (Å²) in [6.07, 6.45) is 6.81. The number of aromatic nitrogens is 3. The van der Waals surface area contributed by atoms with E-state index in [1.165, 1.54) is 24.8 Å².